The molecular weight excluding hydrogens is 466 g/mol. The number of benzene rings is 2. The first-order valence-corrected chi connectivity index (χ1v) is 10.9. The van der Waals surface area contributed by atoms with Crippen LogP contribution in [0.15, 0.2) is 29.2 Å². The summed E-state index contributed by atoms with van der Waals surface area (Å²) in [5.41, 5.74) is -1.26. The standard InChI is InChI=1S/C19H14F6N2O2S2/c1-8-16(9-6-4-5-7-10(9)20)26-18(30-8)19(2,3)27-31(28,29)17-14(24)12(22)11(21)13(23)15(17)25/h4-7,27H,1-3H3. The molecule has 3 aromatic rings. The highest BCUT2D eigenvalue weighted by molar-refractivity contribution is 7.89. The molecule has 1 heterocycles. The van der Waals surface area contributed by atoms with E-state index in [1.54, 1.807) is 13.0 Å². The Balaban J connectivity index is 2.06. The number of hydrogen-bond acceptors (Lipinski definition) is 4. The maximum Gasteiger partial charge on any atom is 0.247 e. The Bertz CT molecular complexity index is 1260. The number of aromatic nitrogens is 1. The van der Waals surface area contributed by atoms with E-state index in [9.17, 15) is 34.8 Å². The van der Waals surface area contributed by atoms with Crippen LogP contribution in [0.3, 0.4) is 0 Å². The summed E-state index contributed by atoms with van der Waals surface area (Å²) in [4.78, 5) is 2.76. The van der Waals surface area contributed by atoms with E-state index in [1.807, 2.05) is 4.72 Å². The van der Waals surface area contributed by atoms with Gasteiger partial charge in [-0.3, -0.25) is 0 Å². The number of thiazole rings is 1. The summed E-state index contributed by atoms with van der Waals surface area (Å²) in [6.07, 6.45) is 0. The molecule has 0 radical (unpaired) electrons. The fraction of sp³-hybridized carbons (Fsp3) is 0.211. The highest BCUT2D eigenvalue weighted by Gasteiger charge is 2.38. The number of rotatable bonds is 5. The fourth-order valence-corrected chi connectivity index (χ4v) is 5.39. The van der Waals surface area contributed by atoms with Gasteiger partial charge in [0.25, 0.3) is 0 Å². The SMILES string of the molecule is Cc1sc(C(C)(C)NS(=O)(=O)c2c(F)c(F)c(F)c(F)c2F)nc1-c1ccccc1F. The lowest BCUT2D eigenvalue weighted by atomic mass is 10.1. The van der Waals surface area contributed by atoms with Gasteiger partial charge in [-0.1, -0.05) is 12.1 Å². The second kappa shape index (κ2) is 7.92. The highest BCUT2D eigenvalue weighted by Crippen LogP contribution is 2.35. The van der Waals surface area contributed by atoms with Gasteiger partial charge in [-0.05, 0) is 32.9 Å². The van der Waals surface area contributed by atoms with E-state index < -0.39 is 55.4 Å². The van der Waals surface area contributed by atoms with Gasteiger partial charge in [0.2, 0.25) is 15.8 Å². The minimum atomic E-state index is -5.22. The van der Waals surface area contributed by atoms with Crippen LogP contribution in [0.1, 0.15) is 23.7 Å². The molecule has 12 heteroatoms. The lowest BCUT2D eigenvalue weighted by molar-refractivity contribution is 0.355. The first-order valence-electron chi connectivity index (χ1n) is 8.56. The smallest absolute Gasteiger partial charge is 0.239 e. The number of aryl methyl sites for hydroxylation is 1. The summed E-state index contributed by atoms with van der Waals surface area (Å²) < 4.78 is 109. The molecule has 31 heavy (non-hydrogen) atoms. The van der Waals surface area contributed by atoms with E-state index in [0.29, 0.717) is 4.88 Å². The second-order valence-electron chi connectivity index (χ2n) is 7.03. The average Bonchev–Trinajstić information content (AvgIpc) is 3.07. The Labute approximate surface area is 177 Å². The van der Waals surface area contributed by atoms with Crippen LogP contribution in [0.4, 0.5) is 26.3 Å². The molecule has 0 saturated heterocycles. The topological polar surface area (TPSA) is 59.1 Å². The zero-order valence-electron chi connectivity index (χ0n) is 16.2. The Morgan fingerprint density at radius 1 is 0.903 bits per heavy atom. The van der Waals surface area contributed by atoms with Crippen molar-refractivity contribution in [3.63, 3.8) is 0 Å². The lowest BCUT2D eigenvalue weighted by Crippen LogP contribution is -2.41. The first kappa shape index (κ1) is 23.2. The number of hydrogen-bond donors (Lipinski definition) is 1. The molecule has 0 aliphatic carbocycles. The van der Waals surface area contributed by atoms with Crippen LogP contribution in [-0.4, -0.2) is 13.4 Å². The molecule has 1 N–H and O–H groups in total. The first-order chi connectivity index (χ1) is 14.3. The molecule has 0 aliphatic rings. The molecule has 0 fully saturated rings. The van der Waals surface area contributed by atoms with Crippen LogP contribution in [0, 0.1) is 41.8 Å². The van der Waals surface area contributed by atoms with Crippen LogP contribution < -0.4 is 4.72 Å². The van der Waals surface area contributed by atoms with Gasteiger partial charge >= 0.3 is 0 Å². The zero-order valence-corrected chi connectivity index (χ0v) is 17.8. The van der Waals surface area contributed by atoms with Gasteiger partial charge < -0.3 is 0 Å². The summed E-state index contributed by atoms with van der Waals surface area (Å²) in [5, 5.41) is 0.0794. The number of halogens is 6. The van der Waals surface area contributed by atoms with Crippen molar-refractivity contribution in [2.75, 3.05) is 0 Å². The van der Waals surface area contributed by atoms with Crippen molar-refractivity contribution in [3.8, 4) is 11.3 Å². The van der Waals surface area contributed by atoms with Crippen molar-refractivity contribution in [2.24, 2.45) is 0 Å². The molecule has 0 unspecified atom stereocenters. The fourth-order valence-electron chi connectivity index (χ4n) is 2.82. The molecule has 1 aromatic heterocycles. The molecule has 0 aliphatic heterocycles. The van der Waals surface area contributed by atoms with Crippen molar-refractivity contribution in [3.05, 3.63) is 69.1 Å². The predicted octanol–water partition coefficient (Wildman–Crippen LogP) is 5.17. The van der Waals surface area contributed by atoms with Crippen LogP contribution >= 0.6 is 11.3 Å². The molecule has 3 rings (SSSR count). The molecule has 166 valence electrons. The predicted molar refractivity (Wildman–Crippen MR) is 102 cm³/mol. The van der Waals surface area contributed by atoms with Crippen LogP contribution in [0.5, 0.6) is 0 Å². The molecule has 0 bridgehead atoms. The number of nitrogens with one attached hydrogen (secondary N) is 1. The van der Waals surface area contributed by atoms with Crippen molar-refractivity contribution >= 4 is 21.4 Å². The van der Waals surface area contributed by atoms with Gasteiger partial charge in [-0.25, -0.2) is 39.7 Å². The summed E-state index contributed by atoms with van der Waals surface area (Å²) in [6, 6.07) is 5.73. The van der Waals surface area contributed by atoms with Crippen molar-refractivity contribution < 1.29 is 34.8 Å². The van der Waals surface area contributed by atoms with E-state index in [1.165, 1.54) is 32.0 Å². The molecular formula is C19H14F6N2O2S2. The average molecular weight is 480 g/mol. The second-order valence-corrected chi connectivity index (χ2v) is 9.86. The quantitative estimate of drug-likeness (QED) is 0.312. The normalized spacial score (nSPS) is 12.4. The van der Waals surface area contributed by atoms with Crippen LogP contribution in [0.25, 0.3) is 11.3 Å². The van der Waals surface area contributed by atoms with E-state index >= 15 is 0 Å². The summed E-state index contributed by atoms with van der Waals surface area (Å²) >= 11 is 0.978. The van der Waals surface area contributed by atoms with Gasteiger partial charge in [-0.2, -0.15) is 4.72 Å². The van der Waals surface area contributed by atoms with Crippen LogP contribution in [-0.2, 0) is 15.6 Å². The maximum atomic E-state index is 14.1. The molecule has 4 nitrogen and oxygen atoms in total. The Hall–Kier alpha value is -2.44. The summed E-state index contributed by atoms with van der Waals surface area (Å²) in [7, 11) is -5.22. The summed E-state index contributed by atoms with van der Waals surface area (Å²) in [6.45, 7) is 4.16. The van der Waals surface area contributed by atoms with Crippen molar-refractivity contribution in [2.45, 2.75) is 31.2 Å². The van der Waals surface area contributed by atoms with Crippen LogP contribution in [0.2, 0.25) is 0 Å². The van der Waals surface area contributed by atoms with Gasteiger partial charge in [0, 0.05) is 10.4 Å². The van der Waals surface area contributed by atoms with E-state index in [0.717, 1.165) is 11.3 Å². The monoisotopic (exact) mass is 480 g/mol. The van der Waals surface area contributed by atoms with Gasteiger partial charge in [0.15, 0.2) is 28.2 Å². The number of sulfonamides is 1. The molecule has 0 atom stereocenters. The number of nitrogens with zero attached hydrogens (tertiary/aromatic N) is 1. The Morgan fingerprint density at radius 2 is 1.42 bits per heavy atom. The third-order valence-electron chi connectivity index (χ3n) is 4.29. The summed E-state index contributed by atoms with van der Waals surface area (Å²) in [5.74, 6) is -12.8. The van der Waals surface area contributed by atoms with E-state index in [4.69, 9.17) is 0 Å². The van der Waals surface area contributed by atoms with Gasteiger partial charge in [-0.15, -0.1) is 11.3 Å². The zero-order chi connectivity index (χ0) is 23.3. The molecule has 0 saturated carbocycles. The minimum Gasteiger partial charge on any atom is -0.239 e. The molecule has 0 amide bonds. The van der Waals surface area contributed by atoms with Crippen molar-refractivity contribution in [1.82, 2.24) is 9.71 Å². The third kappa shape index (κ3) is 4.06. The Morgan fingerprint density at radius 3 is 1.97 bits per heavy atom. The van der Waals surface area contributed by atoms with E-state index in [-0.39, 0.29) is 16.3 Å². The Kier molecular flexibility index (Phi) is 5.93. The largest absolute Gasteiger partial charge is 0.247 e. The van der Waals surface area contributed by atoms with Gasteiger partial charge in [0.1, 0.15) is 10.8 Å². The molecule has 2 aromatic carbocycles. The van der Waals surface area contributed by atoms with Gasteiger partial charge in [0.05, 0.1) is 11.2 Å². The minimum absolute atomic E-state index is 0.0794. The highest BCUT2D eigenvalue weighted by atomic mass is 32.2. The maximum absolute atomic E-state index is 14.1. The lowest BCUT2D eigenvalue weighted by Gasteiger charge is -2.24. The molecule has 0 spiro atoms. The van der Waals surface area contributed by atoms with E-state index in [2.05, 4.69) is 4.98 Å². The third-order valence-corrected chi connectivity index (χ3v) is 7.26. The van der Waals surface area contributed by atoms with Crippen molar-refractivity contribution in [1.29, 1.82) is 0 Å².